The second-order valence-electron chi connectivity index (χ2n) is 6.00. The smallest absolute Gasteiger partial charge is 0.325 e. The molecule has 1 aromatic carbocycles. The molecule has 4 N–H and O–H groups in total. The molecule has 0 bridgehead atoms. The second-order valence-corrected chi connectivity index (χ2v) is 6.00. The molecule has 0 aliphatic heterocycles. The summed E-state index contributed by atoms with van der Waals surface area (Å²) in [7, 11) is 0. The van der Waals surface area contributed by atoms with Crippen LogP contribution < -0.4 is 5.73 Å². The van der Waals surface area contributed by atoms with Gasteiger partial charge in [-0.2, -0.15) is 0 Å². The van der Waals surface area contributed by atoms with Gasteiger partial charge >= 0.3 is 11.9 Å². The fourth-order valence-electron chi connectivity index (χ4n) is 2.29. The monoisotopic (exact) mass is 279 g/mol. The molecule has 2 atom stereocenters. The summed E-state index contributed by atoms with van der Waals surface area (Å²) in [6.07, 6.45) is 0.0796. The van der Waals surface area contributed by atoms with E-state index in [1.165, 1.54) is 0 Å². The lowest BCUT2D eigenvalue weighted by molar-refractivity contribution is -0.161. The van der Waals surface area contributed by atoms with Gasteiger partial charge in [0.1, 0.15) is 5.54 Å². The minimum absolute atomic E-state index is 0.0796. The lowest BCUT2D eigenvalue weighted by Crippen LogP contribution is -2.65. The molecule has 0 amide bonds. The molecule has 0 aromatic heterocycles. The van der Waals surface area contributed by atoms with E-state index in [1.807, 2.05) is 6.07 Å². The number of carboxylic acids is 2. The summed E-state index contributed by atoms with van der Waals surface area (Å²) in [5.74, 6) is -3.70. The Labute approximate surface area is 118 Å². The van der Waals surface area contributed by atoms with Crippen molar-refractivity contribution in [1.29, 1.82) is 0 Å². The Morgan fingerprint density at radius 2 is 1.65 bits per heavy atom. The van der Waals surface area contributed by atoms with E-state index in [4.69, 9.17) is 5.73 Å². The standard InChI is InChI=1S/C15H21NO4/c1-14(2,3)15(16,13(19)20)11(12(17)18)9-10-7-5-4-6-8-10/h4-8,11H,9,16H2,1-3H3,(H,17,18)(H,19,20). The first kappa shape index (κ1) is 16.2. The highest BCUT2D eigenvalue weighted by atomic mass is 16.4. The fourth-order valence-corrected chi connectivity index (χ4v) is 2.29. The molecule has 0 aliphatic carbocycles. The van der Waals surface area contributed by atoms with Crippen LogP contribution in [0.3, 0.4) is 0 Å². The van der Waals surface area contributed by atoms with Crippen LogP contribution >= 0.6 is 0 Å². The second kappa shape index (κ2) is 5.63. The first-order valence-corrected chi connectivity index (χ1v) is 6.39. The number of nitrogens with two attached hydrogens (primary N) is 1. The summed E-state index contributed by atoms with van der Waals surface area (Å²) in [5.41, 5.74) is 4.04. The number of rotatable bonds is 5. The SMILES string of the molecule is CC(C)(C)C(N)(C(=O)O)C(Cc1ccccc1)C(=O)O. The molecule has 1 rings (SSSR count). The van der Waals surface area contributed by atoms with Gasteiger partial charge in [-0.25, -0.2) is 0 Å². The van der Waals surface area contributed by atoms with Gasteiger partial charge in [0.25, 0.3) is 0 Å². The Balaban J connectivity index is 3.24. The van der Waals surface area contributed by atoms with E-state index in [9.17, 15) is 19.8 Å². The van der Waals surface area contributed by atoms with E-state index in [0.717, 1.165) is 5.56 Å². The Hall–Kier alpha value is -1.88. The number of carboxylic acid groups (broad SMARTS) is 2. The van der Waals surface area contributed by atoms with Crippen molar-refractivity contribution in [2.45, 2.75) is 32.7 Å². The molecule has 0 radical (unpaired) electrons. The number of aliphatic carboxylic acids is 2. The predicted molar refractivity (Wildman–Crippen MR) is 75.3 cm³/mol. The Bertz CT molecular complexity index is 492. The normalized spacial score (nSPS) is 16.2. The topological polar surface area (TPSA) is 101 Å². The average molecular weight is 279 g/mol. The van der Waals surface area contributed by atoms with Gasteiger partial charge in [-0.15, -0.1) is 0 Å². The fraction of sp³-hybridized carbons (Fsp3) is 0.467. The highest BCUT2D eigenvalue weighted by Crippen LogP contribution is 2.36. The van der Waals surface area contributed by atoms with Crippen LogP contribution in [-0.2, 0) is 16.0 Å². The summed E-state index contributed by atoms with van der Waals surface area (Å²) >= 11 is 0. The Morgan fingerprint density at radius 1 is 1.15 bits per heavy atom. The number of hydrogen-bond donors (Lipinski definition) is 3. The maximum absolute atomic E-state index is 11.6. The van der Waals surface area contributed by atoms with E-state index in [2.05, 4.69) is 0 Å². The van der Waals surface area contributed by atoms with E-state index < -0.39 is 28.8 Å². The molecule has 5 nitrogen and oxygen atoms in total. The van der Waals surface area contributed by atoms with Gasteiger partial charge in [0.05, 0.1) is 5.92 Å². The van der Waals surface area contributed by atoms with Crippen molar-refractivity contribution < 1.29 is 19.8 Å². The lowest BCUT2D eigenvalue weighted by atomic mass is 9.65. The maximum Gasteiger partial charge on any atom is 0.325 e. The number of hydrogen-bond acceptors (Lipinski definition) is 3. The van der Waals surface area contributed by atoms with Crippen molar-refractivity contribution in [2.24, 2.45) is 17.1 Å². The van der Waals surface area contributed by atoms with Crippen LogP contribution in [0.2, 0.25) is 0 Å². The molecule has 0 saturated carbocycles. The molecule has 110 valence electrons. The van der Waals surface area contributed by atoms with Crippen molar-refractivity contribution in [1.82, 2.24) is 0 Å². The predicted octanol–water partition coefficient (Wildman–Crippen LogP) is 1.76. The molecule has 2 unspecified atom stereocenters. The Kier molecular flexibility index (Phi) is 4.55. The molecule has 20 heavy (non-hydrogen) atoms. The molecule has 0 fully saturated rings. The van der Waals surface area contributed by atoms with Crippen LogP contribution in [0.5, 0.6) is 0 Å². The van der Waals surface area contributed by atoms with Gasteiger partial charge < -0.3 is 15.9 Å². The van der Waals surface area contributed by atoms with Crippen LogP contribution in [0.4, 0.5) is 0 Å². The first-order chi connectivity index (χ1) is 9.10. The number of carbonyl (C=O) groups is 2. The van der Waals surface area contributed by atoms with Crippen LogP contribution in [0.15, 0.2) is 30.3 Å². The van der Waals surface area contributed by atoms with Crippen molar-refractivity contribution in [3.05, 3.63) is 35.9 Å². The molecule has 0 heterocycles. The molecule has 0 aliphatic rings. The molecule has 0 saturated heterocycles. The van der Waals surface area contributed by atoms with Crippen LogP contribution in [0.25, 0.3) is 0 Å². The minimum Gasteiger partial charge on any atom is -0.481 e. The highest BCUT2D eigenvalue weighted by Gasteiger charge is 2.54. The summed E-state index contributed by atoms with van der Waals surface area (Å²) < 4.78 is 0. The summed E-state index contributed by atoms with van der Waals surface area (Å²) in [5, 5.41) is 18.9. The zero-order valence-corrected chi connectivity index (χ0v) is 12.0. The highest BCUT2D eigenvalue weighted by molar-refractivity contribution is 5.87. The minimum atomic E-state index is -1.85. The third kappa shape index (κ3) is 2.99. The van der Waals surface area contributed by atoms with Crippen molar-refractivity contribution in [3.63, 3.8) is 0 Å². The van der Waals surface area contributed by atoms with Gasteiger partial charge in [-0.05, 0) is 17.4 Å². The molecule has 5 heteroatoms. The first-order valence-electron chi connectivity index (χ1n) is 6.39. The summed E-state index contributed by atoms with van der Waals surface area (Å²) in [4.78, 5) is 23.2. The van der Waals surface area contributed by atoms with E-state index in [1.54, 1.807) is 45.0 Å². The third-order valence-electron chi connectivity index (χ3n) is 3.73. The zero-order chi connectivity index (χ0) is 15.6. The van der Waals surface area contributed by atoms with Crippen molar-refractivity contribution in [2.75, 3.05) is 0 Å². The number of benzene rings is 1. The zero-order valence-electron chi connectivity index (χ0n) is 12.0. The van der Waals surface area contributed by atoms with E-state index in [-0.39, 0.29) is 6.42 Å². The van der Waals surface area contributed by atoms with Gasteiger partial charge in [0.2, 0.25) is 0 Å². The molecule has 0 spiro atoms. The average Bonchev–Trinajstić information content (AvgIpc) is 2.34. The lowest BCUT2D eigenvalue weighted by Gasteiger charge is -2.41. The Morgan fingerprint density at radius 3 is 2.00 bits per heavy atom. The molecular weight excluding hydrogens is 258 g/mol. The van der Waals surface area contributed by atoms with Gasteiger partial charge in [0.15, 0.2) is 0 Å². The van der Waals surface area contributed by atoms with Crippen molar-refractivity contribution >= 4 is 11.9 Å². The van der Waals surface area contributed by atoms with Gasteiger partial charge in [0, 0.05) is 0 Å². The van der Waals surface area contributed by atoms with Gasteiger partial charge in [-0.1, -0.05) is 51.1 Å². The van der Waals surface area contributed by atoms with Crippen LogP contribution in [-0.4, -0.2) is 27.7 Å². The van der Waals surface area contributed by atoms with Crippen LogP contribution in [0.1, 0.15) is 26.3 Å². The largest absolute Gasteiger partial charge is 0.481 e. The van der Waals surface area contributed by atoms with Crippen molar-refractivity contribution in [3.8, 4) is 0 Å². The van der Waals surface area contributed by atoms with Gasteiger partial charge in [-0.3, -0.25) is 9.59 Å². The third-order valence-corrected chi connectivity index (χ3v) is 3.73. The quantitative estimate of drug-likeness (QED) is 0.762. The van der Waals surface area contributed by atoms with E-state index in [0.29, 0.717) is 0 Å². The molecule has 1 aromatic rings. The van der Waals surface area contributed by atoms with E-state index >= 15 is 0 Å². The molecular formula is C15H21NO4. The summed E-state index contributed by atoms with van der Waals surface area (Å²) in [6.45, 7) is 4.92. The maximum atomic E-state index is 11.6. The van der Waals surface area contributed by atoms with Crippen LogP contribution in [0, 0.1) is 11.3 Å². The summed E-state index contributed by atoms with van der Waals surface area (Å²) in [6, 6.07) is 8.91.